The fourth-order valence-corrected chi connectivity index (χ4v) is 3.53. The van der Waals surface area contributed by atoms with Gasteiger partial charge in [-0.25, -0.2) is 9.69 Å². The van der Waals surface area contributed by atoms with Crippen molar-refractivity contribution in [2.24, 2.45) is 0 Å². The lowest BCUT2D eigenvalue weighted by Crippen LogP contribution is -2.35. The molecule has 3 aromatic rings. The number of carboxylic acids is 1. The van der Waals surface area contributed by atoms with E-state index in [0.29, 0.717) is 16.5 Å². The van der Waals surface area contributed by atoms with E-state index in [-0.39, 0.29) is 5.70 Å². The van der Waals surface area contributed by atoms with Crippen molar-refractivity contribution in [1.29, 1.82) is 0 Å². The molecule has 2 aromatic carbocycles. The topological polar surface area (TPSA) is 91.6 Å². The molecular formula is C21H16ClN3O4. The second kappa shape index (κ2) is 7.44. The Bertz CT molecular complexity index is 1180. The zero-order valence-corrected chi connectivity index (χ0v) is 15.9. The Morgan fingerprint density at radius 2 is 1.83 bits per heavy atom. The summed E-state index contributed by atoms with van der Waals surface area (Å²) in [6.07, 6.45) is 3.44. The van der Waals surface area contributed by atoms with Gasteiger partial charge in [0.25, 0.3) is 5.91 Å². The number of carbonyl (C=O) groups is 3. The van der Waals surface area contributed by atoms with Crippen molar-refractivity contribution >= 4 is 46.5 Å². The minimum atomic E-state index is -1.26. The van der Waals surface area contributed by atoms with Crippen LogP contribution in [0.15, 0.2) is 60.4 Å². The van der Waals surface area contributed by atoms with Crippen LogP contribution in [0.2, 0.25) is 5.02 Å². The van der Waals surface area contributed by atoms with Crippen LogP contribution < -0.4 is 5.32 Å². The van der Waals surface area contributed by atoms with Crippen molar-refractivity contribution in [2.45, 2.75) is 6.54 Å². The van der Waals surface area contributed by atoms with Crippen LogP contribution in [-0.4, -0.2) is 39.0 Å². The maximum absolute atomic E-state index is 12.4. The van der Waals surface area contributed by atoms with E-state index >= 15 is 0 Å². The zero-order chi connectivity index (χ0) is 20.5. The van der Waals surface area contributed by atoms with Crippen LogP contribution >= 0.6 is 11.6 Å². The Labute approximate surface area is 170 Å². The van der Waals surface area contributed by atoms with E-state index in [1.165, 1.54) is 0 Å². The third-order valence-electron chi connectivity index (χ3n) is 4.67. The number of nitrogens with zero attached hydrogens (tertiary/aromatic N) is 2. The lowest BCUT2D eigenvalue weighted by molar-refractivity contribution is -0.140. The third-order valence-corrected chi connectivity index (χ3v) is 5.04. The van der Waals surface area contributed by atoms with Crippen molar-refractivity contribution in [2.75, 3.05) is 6.54 Å². The van der Waals surface area contributed by atoms with E-state index in [0.717, 1.165) is 22.0 Å². The maximum Gasteiger partial charge on any atom is 0.329 e. The van der Waals surface area contributed by atoms with Gasteiger partial charge < -0.3 is 15.0 Å². The van der Waals surface area contributed by atoms with E-state index in [1.54, 1.807) is 6.08 Å². The first kappa shape index (κ1) is 18.8. The van der Waals surface area contributed by atoms with Gasteiger partial charge in [-0.15, -0.1) is 0 Å². The molecule has 0 unspecified atom stereocenters. The molecule has 1 saturated heterocycles. The van der Waals surface area contributed by atoms with Crippen molar-refractivity contribution in [3.05, 3.63) is 76.6 Å². The molecule has 1 aliphatic rings. The first-order valence-corrected chi connectivity index (χ1v) is 9.19. The fraction of sp³-hybridized carbons (Fsp3) is 0.0952. The van der Waals surface area contributed by atoms with Crippen LogP contribution in [0.1, 0.15) is 11.1 Å². The lowest BCUT2D eigenvalue weighted by Gasteiger charge is -2.07. The number of para-hydroxylation sites is 1. The molecule has 0 saturated carbocycles. The summed E-state index contributed by atoms with van der Waals surface area (Å²) in [5, 5.41) is 12.9. The number of aliphatic carboxylic acids is 1. The Morgan fingerprint density at radius 3 is 2.59 bits per heavy atom. The number of hydrogen-bond acceptors (Lipinski definition) is 3. The molecule has 0 aliphatic carbocycles. The predicted molar refractivity (Wildman–Crippen MR) is 108 cm³/mol. The van der Waals surface area contributed by atoms with Gasteiger partial charge in [0.15, 0.2) is 0 Å². The summed E-state index contributed by atoms with van der Waals surface area (Å²) in [6, 6.07) is 14.5. The van der Waals surface area contributed by atoms with E-state index in [4.69, 9.17) is 16.7 Å². The molecule has 0 atom stereocenters. The molecule has 7 nitrogen and oxygen atoms in total. The number of benzene rings is 2. The van der Waals surface area contributed by atoms with Crippen LogP contribution in [0, 0.1) is 0 Å². The monoisotopic (exact) mass is 409 g/mol. The third kappa shape index (κ3) is 3.60. The van der Waals surface area contributed by atoms with Gasteiger partial charge in [0.05, 0.1) is 0 Å². The Kier molecular flexibility index (Phi) is 4.82. The number of imide groups is 1. The molecule has 146 valence electrons. The lowest BCUT2D eigenvalue weighted by atomic mass is 10.1. The van der Waals surface area contributed by atoms with Crippen molar-refractivity contribution < 1.29 is 19.5 Å². The molecule has 1 aromatic heterocycles. The van der Waals surface area contributed by atoms with Crippen LogP contribution in [0.5, 0.6) is 0 Å². The number of aromatic nitrogens is 1. The molecule has 2 N–H and O–H groups in total. The van der Waals surface area contributed by atoms with Crippen LogP contribution in [-0.2, 0) is 16.1 Å². The second-order valence-corrected chi connectivity index (χ2v) is 7.00. The van der Waals surface area contributed by atoms with E-state index < -0.39 is 24.5 Å². The highest BCUT2D eigenvalue weighted by Gasteiger charge is 2.35. The quantitative estimate of drug-likeness (QED) is 0.499. The summed E-state index contributed by atoms with van der Waals surface area (Å²) in [6.45, 7) is -0.148. The van der Waals surface area contributed by atoms with Crippen LogP contribution in [0.3, 0.4) is 0 Å². The first-order chi connectivity index (χ1) is 13.9. The molecule has 2 heterocycles. The van der Waals surface area contributed by atoms with E-state index in [1.807, 2.05) is 59.3 Å². The summed E-state index contributed by atoms with van der Waals surface area (Å²) in [4.78, 5) is 35.9. The van der Waals surface area contributed by atoms with Gasteiger partial charge in [-0.05, 0) is 23.8 Å². The molecule has 29 heavy (non-hydrogen) atoms. The highest BCUT2D eigenvalue weighted by molar-refractivity contribution is 6.31. The predicted octanol–water partition coefficient (Wildman–Crippen LogP) is 3.32. The first-order valence-electron chi connectivity index (χ1n) is 8.81. The highest BCUT2D eigenvalue weighted by atomic mass is 35.5. The minimum absolute atomic E-state index is 0.0388. The highest BCUT2D eigenvalue weighted by Crippen LogP contribution is 2.26. The molecule has 0 bridgehead atoms. The van der Waals surface area contributed by atoms with Gasteiger partial charge in [0.2, 0.25) is 0 Å². The zero-order valence-electron chi connectivity index (χ0n) is 15.1. The molecule has 0 radical (unpaired) electrons. The minimum Gasteiger partial charge on any atom is -0.480 e. The number of hydrogen-bond donors (Lipinski definition) is 2. The summed E-state index contributed by atoms with van der Waals surface area (Å²) in [7, 11) is 0. The molecule has 0 spiro atoms. The SMILES string of the molecule is O=C(O)CN1C(=O)N/C(=C/c2cn(Cc3ccccc3Cl)c3ccccc23)C1=O. The number of rotatable bonds is 5. The number of carbonyl (C=O) groups excluding carboxylic acids is 2. The summed E-state index contributed by atoms with van der Waals surface area (Å²) >= 11 is 6.29. The second-order valence-electron chi connectivity index (χ2n) is 6.59. The van der Waals surface area contributed by atoms with Crippen molar-refractivity contribution in [3.63, 3.8) is 0 Å². The Morgan fingerprint density at radius 1 is 1.10 bits per heavy atom. The molecule has 1 fully saturated rings. The molecule has 1 aliphatic heterocycles. The number of fused-ring (bicyclic) bond motifs is 1. The maximum atomic E-state index is 12.4. The molecule has 8 heteroatoms. The van der Waals surface area contributed by atoms with E-state index in [9.17, 15) is 14.4 Å². The van der Waals surface area contributed by atoms with Crippen LogP contribution in [0.4, 0.5) is 4.79 Å². The van der Waals surface area contributed by atoms with Crippen molar-refractivity contribution in [1.82, 2.24) is 14.8 Å². The molecule has 3 amide bonds. The summed E-state index contributed by atoms with van der Waals surface area (Å²) in [5.41, 5.74) is 2.66. The average molecular weight is 410 g/mol. The standard InChI is InChI=1S/C21H16ClN3O4/c22-16-7-3-1-5-13(16)10-24-11-14(15-6-2-4-8-18(15)24)9-17-20(28)25(12-19(26)27)21(29)23-17/h1-9,11H,10,12H2,(H,23,29)(H,26,27)/b17-9+. The van der Waals surface area contributed by atoms with E-state index in [2.05, 4.69) is 5.32 Å². The van der Waals surface area contributed by atoms with Crippen molar-refractivity contribution in [3.8, 4) is 0 Å². The number of carboxylic acid groups (broad SMARTS) is 1. The average Bonchev–Trinajstić information content (AvgIpc) is 3.16. The molecule has 4 rings (SSSR count). The Hall–Kier alpha value is -3.58. The largest absolute Gasteiger partial charge is 0.480 e. The normalized spacial score (nSPS) is 15.3. The van der Waals surface area contributed by atoms with Gasteiger partial charge in [-0.2, -0.15) is 0 Å². The Balaban J connectivity index is 1.73. The van der Waals surface area contributed by atoms with Gasteiger partial charge in [-0.1, -0.05) is 48.0 Å². The van der Waals surface area contributed by atoms with Gasteiger partial charge in [0, 0.05) is 34.2 Å². The van der Waals surface area contributed by atoms with Gasteiger partial charge in [0.1, 0.15) is 12.2 Å². The number of amides is 3. The number of nitrogens with one attached hydrogen (secondary N) is 1. The number of urea groups is 1. The number of halogens is 1. The van der Waals surface area contributed by atoms with Gasteiger partial charge in [-0.3, -0.25) is 9.59 Å². The molecular weight excluding hydrogens is 394 g/mol. The summed E-state index contributed by atoms with van der Waals surface area (Å²) in [5.74, 6) is -1.92. The smallest absolute Gasteiger partial charge is 0.329 e. The summed E-state index contributed by atoms with van der Waals surface area (Å²) < 4.78 is 2.01. The fourth-order valence-electron chi connectivity index (χ4n) is 3.34. The van der Waals surface area contributed by atoms with Gasteiger partial charge >= 0.3 is 12.0 Å². The van der Waals surface area contributed by atoms with Crippen LogP contribution in [0.25, 0.3) is 17.0 Å².